The predicted molar refractivity (Wildman–Crippen MR) is 147 cm³/mol. The fourth-order valence-corrected chi connectivity index (χ4v) is 4.93. The molecule has 10 heteroatoms. The molecule has 3 aromatic rings. The molecular formula is C29H31N5O5. The molecule has 1 fully saturated rings. The van der Waals surface area contributed by atoms with E-state index in [1.807, 2.05) is 30.3 Å². The molecule has 5 N–H and O–H groups in total. The second-order valence-electron chi connectivity index (χ2n) is 9.63. The summed E-state index contributed by atoms with van der Waals surface area (Å²) in [6.07, 6.45) is 3.10. The number of nitrogens with zero attached hydrogens (tertiary/aromatic N) is 2. The average Bonchev–Trinajstić information content (AvgIpc) is 3.19. The smallest absolute Gasteiger partial charge is 0.304 e. The summed E-state index contributed by atoms with van der Waals surface area (Å²) in [4.78, 5) is 52.3. The van der Waals surface area contributed by atoms with Gasteiger partial charge in [0.2, 0.25) is 5.91 Å². The van der Waals surface area contributed by atoms with Gasteiger partial charge in [0.05, 0.1) is 18.4 Å². The van der Waals surface area contributed by atoms with Gasteiger partial charge in [-0.15, -0.1) is 0 Å². The van der Waals surface area contributed by atoms with Crippen LogP contribution in [-0.2, 0) is 22.6 Å². The van der Waals surface area contributed by atoms with Crippen molar-refractivity contribution in [2.45, 2.75) is 38.3 Å². The van der Waals surface area contributed by atoms with Gasteiger partial charge >= 0.3 is 5.97 Å². The number of amides is 2. The largest absolute Gasteiger partial charge is 0.481 e. The monoisotopic (exact) mass is 529 g/mol. The molecule has 1 aromatic heterocycles. The molecule has 0 bridgehead atoms. The first-order valence-corrected chi connectivity index (χ1v) is 12.7. The minimum absolute atomic E-state index is 0.0600. The van der Waals surface area contributed by atoms with Gasteiger partial charge in [-0.2, -0.15) is 0 Å². The standard InChI is InChI=1S/C29H31N5O5/c30-26(31)20-10-12-22(13-11-20)32-27(37)24-9-5-14-33(29(24)39)18-23-16-21(17-25(35)36)28(38)34(23)15-4-8-19-6-2-1-3-7-19/h1-3,5-7,9-14,21,23H,4,8,15-18H2,(H3,30,31)(H,32,37)(H,35,36)/t21-,23-/m0/s1. The molecule has 2 amide bonds. The van der Waals surface area contributed by atoms with Gasteiger partial charge in [-0.25, -0.2) is 0 Å². The zero-order valence-electron chi connectivity index (χ0n) is 21.4. The number of aromatic nitrogens is 1. The maximum Gasteiger partial charge on any atom is 0.304 e. The number of nitrogens with two attached hydrogens (primary N) is 1. The number of aryl methyl sites for hydroxylation is 1. The van der Waals surface area contributed by atoms with Crippen molar-refractivity contribution in [1.82, 2.24) is 9.47 Å². The number of carbonyl (C=O) groups excluding carboxylic acids is 2. The van der Waals surface area contributed by atoms with Gasteiger partial charge in [0.25, 0.3) is 11.5 Å². The zero-order chi connectivity index (χ0) is 27.9. The number of carbonyl (C=O) groups is 3. The Morgan fingerprint density at radius 2 is 1.74 bits per heavy atom. The fourth-order valence-electron chi connectivity index (χ4n) is 4.93. The van der Waals surface area contributed by atoms with Crippen molar-refractivity contribution in [2.75, 3.05) is 11.9 Å². The van der Waals surface area contributed by atoms with E-state index < -0.39 is 23.4 Å². The summed E-state index contributed by atoms with van der Waals surface area (Å²) in [6.45, 7) is 0.597. The molecule has 2 heterocycles. The summed E-state index contributed by atoms with van der Waals surface area (Å²) in [6, 6.07) is 18.9. The summed E-state index contributed by atoms with van der Waals surface area (Å²) in [5.74, 6) is -2.58. The molecule has 4 rings (SSSR count). The van der Waals surface area contributed by atoms with Gasteiger partial charge in [0, 0.05) is 30.5 Å². The number of nitrogens with one attached hydrogen (secondary N) is 2. The number of carboxylic acids is 1. The summed E-state index contributed by atoms with van der Waals surface area (Å²) >= 11 is 0. The Bertz CT molecular complexity index is 1420. The van der Waals surface area contributed by atoms with Crippen molar-refractivity contribution in [3.05, 3.63) is 100.0 Å². The van der Waals surface area contributed by atoms with E-state index in [1.54, 1.807) is 41.4 Å². The Balaban J connectivity index is 1.48. The van der Waals surface area contributed by atoms with Crippen LogP contribution in [-0.4, -0.2) is 50.8 Å². The van der Waals surface area contributed by atoms with Gasteiger partial charge in [-0.05, 0) is 61.2 Å². The van der Waals surface area contributed by atoms with Crippen molar-refractivity contribution < 1.29 is 19.5 Å². The maximum absolute atomic E-state index is 13.2. The number of likely N-dealkylation sites (tertiary alicyclic amines) is 1. The summed E-state index contributed by atoms with van der Waals surface area (Å²) in [5, 5.41) is 19.4. The lowest BCUT2D eigenvalue weighted by Crippen LogP contribution is -2.40. The van der Waals surface area contributed by atoms with Crippen molar-refractivity contribution >= 4 is 29.3 Å². The third-order valence-electron chi connectivity index (χ3n) is 6.88. The lowest BCUT2D eigenvalue weighted by molar-refractivity contribution is -0.142. The number of anilines is 1. The van der Waals surface area contributed by atoms with E-state index >= 15 is 0 Å². The normalized spacial score (nSPS) is 16.7. The number of hydrogen-bond donors (Lipinski definition) is 4. The number of benzene rings is 2. The number of nitrogen functional groups attached to an aromatic ring is 1. The Hall–Kier alpha value is -4.73. The van der Waals surface area contributed by atoms with Crippen molar-refractivity contribution in [3.63, 3.8) is 0 Å². The molecule has 10 nitrogen and oxygen atoms in total. The van der Waals surface area contributed by atoms with Gasteiger partial charge in [-0.1, -0.05) is 30.3 Å². The minimum Gasteiger partial charge on any atom is -0.481 e. The van der Waals surface area contributed by atoms with Crippen molar-refractivity contribution in [1.29, 1.82) is 5.41 Å². The zero-order valence-corrected chi connectivity index (χ0v) is 21.4. The van der Waals surface area contributed by atoms with E-state index in [4.69, 9.17) is 11.1 Å². The molecule has 0 unspecified atom stereocenters. The Morgan fingerprint density at radius 1 is 1.03 bits per heavy atom. The van der Waals surface area contributed by atoms with Gasteiger partial charge in [0.15, 0.2) is 0 Å². The van der Waals surface area contributed by atoms with Gasteiger partial charge < -0.3 is 25.6 Å². The highest BCUT2D eigenvalue weighted by atomic mass is 16.4. The highest BCUT2D eigenvalue weighted by molar-refractivity contribution is 6.04. The third-order valence-corrected chi connectivity index (χ3v) is 6.88. The highest BCUT2D eigenvalue weighted by Gasteiger charge is 2.40. The van der Waals surface area contributed by atoms with Crippen LogP contribution in [0.5, 0.6) is 0 Å². The van der Waals surface area contributed by atoms with Crippen LogP contribution in [0, 0.1) is 11.3 Å². The highest BCUT2D eigenvalue weighted by Crippen LogP contribution is 2.29. The van der Waals surface area contributed by atoms with E-state index in [2.05, 4.69) is 5.32 Å². The van der Waals surface area contributed by atoms with E-state index in [0.29, 0.717) is 30.6 Å². The Morgan fingerprint density at radius 3 is 2.41 bits per heavy atom. The molecule has 1 aliphatic rings. The number of amidine groups is 1. The number of aliphatic carboxylic acids is 1. The predicted octanol–water partition coefficient (Wildman–Crippen LogP) is 2.71. The van der Waals surface area contributed by atoms with Crippen LogP contribution in [0.3, 0.4) is 0 Å². The Kier molecular flexibility index (Phi) is 8.55. The molecule has 0 saturated carbocycles. The van der Waals surface area contributed by atoms with Crippen LogP contribution < -0.4 is 16.6 Å². The quantitative estimate of drug-likeness (QED) is 0.221. The van der Waals surface area contributed by atoms with Crippen LogP contribution in [0.1, 0.15) is 40.7 Å². The minimum atomic E-state index is -1.04. The van der Waals surface area contributed by atoms with Gasteiger partial charge in [0.1, 0.15) is 11.4 Å². The number of rotatable bonds is 11. The van der Waals surface area contributed by atoms with Crippen molar-refractivity contribution in [3.8, 4) is 0 Å². The lowest BCUT2D eigenvalue weighted by Gasteiger charge is -2.25. The summed E-state index contributed by atoms with van der Waals surface area (Å²) in [5.41, 5.74) is 7.00. The number of pyridine rings is 1. The van der Waals surface area contributed by atoms with Crippen LogP contribution >= 0.6 is 0 Å². The van der Waals surface area contributed by atoms with E-state index in [0.717, 1.165) is 12.0 Å². The van der Waals surface area contributed by atoms with Crippen molar-refractivity contribution in [2.24, 2.45) is 11.7 Å². The van der Waals surface area contributed by atoms with E-state index in [9.17, 15) is 24.3 Å². The SMILES string of the molecule is N=C(N)c1ccc(NC(=O)c2cccn(C[C@@H]3C[C@@H](CC(=O)O)C(=O)N3CCCc3ccccc3)c2=O)cc1. The molecule has 39 heavy (non-hydrogen) atoms. The lowest BCUT2D eigenvalue weighted by atomic mass is 10.0. The first-order chi connectivity index (χ1) is 18.7. The number of hydrogen-bond acceptors (Lipinski definition) is 5. The average molecular weight is 530 g/mol. The maximum atomic E-state index is 13.2. The first-order valence-electron chi connectivity index (χ1n) is 12.7. The van der Waals surface area contributed by atoms with Gasteiger partial charge in [-0.3, -0.25) is 24.6 Å². The van der Waals surface area contributed by atoms with Crippen LogP contribution in [0.2, 0.25) is 0 Å². The third kappa shape index (κ3) is 6.78. The summed E-state index contributed by atoms with van der Waals surface area (Å²) in [7, 11) is 0. The molecular weight excluding hydrogens is 498 g/mol. The molecule has 202 valence electrons. The second kappa shape index (κ2) is 12.2. The van der Waals surface area contributed by atoms with Crippen LogP contribution in [0.4, 0.5) is 5.69 Å². The molecule has 0 aliphatic carbocycles. The Labute approximate surface area is 225 Å². The van der Waals surface area contributed by atoms with E-state index in [-0.39, 0.29) is 36.3 Å². The molecule has 1 aliphatic heterocycles. The van der Waals surface area contributed by atoms with Crippen LogP contribution in [0.15, 0.2) is 77.7 Å². The summed E-state index contributed by atoms with van der Waals surface area (Å²) < 4.78 is 1.40. The molecule has 2 aromatic carbocycles. The number of carboxylic acid groups (broad SMARTS) is 1. The van der Waals surface area contributed by atoms with Crippen LogP contribution in [0.25, 0.3) is 0 Å². The molecule has 0 radical (unpaired) electrons. The molecule has 0 spiro atoms. The second-order valence-corrected chi connectivity index (χ2v) is 9.63. The molecule has 2 atom stereocenters. The fraction of sp³-hybridized carbons (Fsp3) is 0.276. The molecule has 1 saturated heterocycles. The van der Waals surface area contributed by atoms with E-state index in [1.165, 1.54) is 10.6 Å². The first kappa shape index (κ1) is 27.3. The topological polar surface area (TPSA) is 159 Å².